The average molecular weight is 235 g/mol. The van der Waals surface area contributed by atoms with E-state index in [1.165, 1.54) is 0 Å². The van der Waals surface area contributed by atoms with Crippen molar-refractivity contribution >= 4 is 21.9 Å². The summed E-state index contributed by atoms with van der Waals surface area (Å²) in [6.07, 6.45) is -0.202. The molecule has 1 unspecified atom stereocenters. The van der Waals surface area contributed by atoms with Gasteiger partial charge in [-0.1, -0.05) is 13.3 Å². The van der Waals surface area contributed by atoms with Gasteiger partial charge in [0, 0.05) is 0 Å². The van der Waals surface area contributed by atoms with Crippen molar-refractivity contribution in [3.63, 3.8) is 0 Å². The SMILES string of the molecule is CCCCS(=O)(=O)OC1CC(=O)NC1=O. The third-order valence-corrected chi connectivity index (χ3v) is 3.25. The van der Waals surface area contributed by atoms with E-state index in [0.29, 0.717) is 6.42 Å². The number of unbranched alkanes of at least 4 members (excludes halogenated alkanes) is 1. The van der Waals surface area contributed by atoms with E-state index in [9.17, 15) is 18.0 Å². The van der Waals surface area contributed by atoms with Gasteiger partial charge in [-0.3, -0.25) is 19.1 Å². The van der Waals surface area contributed by atoms with Crippen molar-refractivity contribution in [1.82, 2.24) is 5.32 Å². The Balaban J connectivity index is 2.54. The van der Waals surface area contributed by atoms with E-state index in [4.69, 9.17) is 0 Å². The summed E-state index contributed by atoms with van der Waals surface area (Å²) in [5.41, 5.74) is 0. The number of hydrogen-bond donors (Lipinski definition) is 1. The first-order chi connectivity index (χ1) is 6.94. The van der Waals surface area contributed by atoms with Gasteiger partial charge < -0.3 is 0 Å². The largest absolute Gasteiger partial charge is 0.294 e. The van der Waals surface area contributed by atoms with Gasteiger partial charge >= 0.3 is 0 Å². The molecule has 6 nitrogen and oxygen atoms in total. The maximum absolute atomic E-state index is 11.3. The number of nitrogens with one attached hydrogen (secondary N) is 1. The molecule has 0 saturated carbocycles. The third-order valence-electron chi connectivity index (χ3n) is 1.94. The van der Waals surface area contributed by atoms with Crippen LogP contribution in [-0.2, 0) is 23.9 Å². The highest BCUT2D eigenvalue weighted by atomic mass is 32.2. The molecule has 15 heavy (non-hydrogen) atoms. The lowest BCUT2D eigenvalue weighted by atomic mass is 10.3. The average Bonchev–Trinajstić information content (AvgIpc) is 2.41. The van der Waals surface area contributed by atoms with Crippen LogP contribution >= 0.6 is 0 Å². The van der Waals surface area contributed by atoms with Crippen molar-refractivity contribution < 1.29 is 22.2 Å². The Bertz CT molecular complexity index is 361. The summed E-state index contributed by atoms with van der Waals surface area (Å²) in [6, 6.07) is 0. The normalized spacial score (nSPS) is 21.8. The lowest BCUT2D eigenvalue weighted by Gasteiger charge is -2.07. The zero-order valence-electron chi connectivity index (χ0n) is 8.36. The Morgan fingerprint density at radius 3 is 2.60 bits per heavy atom. The van der Waals surface area contributed by atoms with E-state index in [1.807, 2.05) is 12.2 Å². The second-order valence-electron chi connectivity index (χ2n) is 3.32. The fourth-order valence-electron chi connectivity index (χ4n) is 1.15. The number of rotatable bonds is 5. The van der Waals surface area contributed by atoms with Crippen LogP contribution in [-0.4, -0.2) is 32.1 Å². The minimum atomic E-state index is -3.70. The van der Waals surface area contributed by atoms with Crippen LogP contribution in [0.3, 0.4) is 0 Å². The molecule has 0 bridgehead atoms. The maximum atomic E-state index is 11.3. The molecule has 0 aliphatic carbocycles. The monoisotopic (exact) mass is 235 g/mol. The molecule has 0 radical (unpaired) electrons. The number of imide groups is 1. The molecule has 0 spiro atoms. The Morgan fingerprint density at radius 2 is 2.13 bits per heavy atom. The summed E-state index contributed by atoms with van der Waals surface area (Å²) < 4.78 is 27.2. The Kier molecular flexibility index (Phi) is 3.81. The summed E-state index contributed by atoms with van der Waals surface area (Å²) in [5.74, 6) is -1.31. The molecule has 1 saturated heterocycles. The Hall–Kier alpha value is -0.950. The summed E-state index contributed by atoms with van der Waals surface area (Å²) in [4.78, 5) is 21.8. The molecule has 1 heterocycles. The minimum Gasteiger partial charge on any atom is -0.294 e. The minimum absolute atomic E-state index is 0.124. The first-order valence-corrected chi connectivity index (χ1v) is 6.27. The third kappa shape index (κ3) is 3.60. The van der Waals surface area contributed by atoms with Crippen LogP contribution in [0.5, 0.6) is 0 Å². The van der Waals surface area contributed by atoms with Crippen molar-refractivity contribution in [2.45, 2.75) is 32.3 Å². The first kappa shape index (κ1) is 12.1. The van der Waals surface area contributed by atoms with Crippen molar-refractivity contribution in [3.8, 4) is 0 Å². The lowest BCUT2D eigenvalue weighted by Crippen LogP contribution is -2.29. The number of amides is 2. The highest BCUT2D eigenvalue weighted by molar-refractivity contribution is 7.86. The van der Waals surface area contributed by atoms with Crippen molar-refractivity contribution in [1.29, 1.82) is 0 Å². The zero-order valence-corrected chi connectivity index (χ0v) is 9.17. The van der Waals surface area contributed by atoms with Crippen LogP contribution in [0, 0.1) is 0 Å². The molecule has 1 N–H and O–H groups in total. The van der Waals surface area contributed by atoms with Gasteiger partial charge in [-0.2, -0.15) is 8.42 Å². The molecule has 2 amide bonds. The van der Waals surface area contributed by atoms with E-state index in [2.05, 4.69) is 4.18 Å². The van der Waals surface area contributed by atoms with Crippen LogP contribution in [0.2, 0.25) is 0 Å². The summed E-state index contributed by atoms with van der Waals surface area (Å²) >= 11 is 0. The Labute approximate surface area is 88.1 Å². The van der Waals surface area contributed by atoms with Crippen molar-refractivity contribution in [2.24, 2.45) is 0 Å². The molecule has 1 aliphatic heterocycles. The maximum Gasteiger partial charge on any atom is 0.268 e. The topological polar surface area (TPSA) is 89.5 Å². The molecule has 1 rings (SSSR count). The molecule has 86 valence electrons. The highest BCUT2D eigenvalue weighted by Crippen LogP contribution is 2.11. The number of carbonyl (C=O) groups excluding carboxylic acids is 2. The van der Waals surface area contributed by atoms with Crippen LogP contribution in [0.1, 0.15) is 26.2 Å². The van der Waals surface area contributed by atoms with Gasteiger partial charge in [-0.15, -0.1) is 0 Å². The number of hydrogen-bond acceptors (Lipinski definition) is 5. The molecule has 7 heteroatoms. The van der Waals surface area contributed by atoms with Gasteiger partial charge in [-0.25, -0.2) is 0 Å². The molecule has 0 aromatic rings. The quantitative estimate of drug-likeness (QED) is 0.515. The lowest BCUT2D eigenvalue weighted by molar-refractivity contribution is -0.126. The molecular formula is C8H13NO5S. The van der Waals surface area contributed by atoms with Gasteiger partial charge in [-0.05, 0) is 6.42 Å². The molecule has 1 aliphatic rings. The molecule has 1 atom stereocenters. The van der Waals surface area contributed by atoms with Gasteiger partial charge in [0.25, 0.3) is 16.0 Å². The predicted octanol–water partition coefficient (Wildman–Crippen LogP) is -0.452. The molecule has 1 fully saturated rings. The van der Waals surface area contributed by atoms with Gasteiger partial charge in [0.15, 0.2) is 6.10 Å². The molecule has 0 aromatic carbocycles. The van der Waals surface area contributed by atoms with Gasteiger partial charge in [0.1, 0.15) is 0 Å². The summed E-state index contributed by atoms with van der Waals surface area (Å²) in [6.45, 7) is 1.85. The summed E-state index contributed by atoms with van der Waals surface area (Å²) in [7, 11) is -3.70. The van der Waals surface area contributed by atoms with Gasteiger partial charge in [0.2, 0.25) is 5.91 Å². The predicted molar refractivity (Wildman–Crippen MR) is 51.3 cm³/mol. The standard InChI is InChI=1S/C8H13NO5S/c1-2-3-4-15(12,13)14-6-5-7(10)9-8(6)11/h6H,2-5H2,1H3,(H,9,10,11). The fourth-order valence-corrected chi connectivity index (χ4v) is 2.40. The van der Waals surface area contributed by atoms with E-state index in [-0.39, 0.29) is 12.2 Å². The summed E-state index contributed by atoms with van der Waals surface area (Å²) in [5, 5.41) is 1.98. The van der Waals surface area contributed by atoms with Crippen LogP contribution in [0.4, 0.5) is 0 Å². The van der Waals surface area contributed by atoms with Gasteiger partial charge in [0.05, 0.1) is 12.2 Å². The fraction of sp³-hybridized carbons (Fsp3) is 0.750. The van der Waals surface area contributed by atoms with Crippen LogP contribution in [0.15, 0.2) is 0 Å². The smallest absolute Gasteiger partial charge is 0.268 e. The van der Waals surface area contributed by atoms with Crippen molar-refractivity contribution in [2.75, 3.05) is 5.75 Å². The van der Waals surface area contributed by atoms with E-state index < -0.39 is 28.0 Å². The zero-order chi connectivity index (χ0) is 11.5. The van der Waals surface area contributed by atoms with E-state index >= 15 is 0 Å². The second-order valence-corrected chi connectivity index (χ2v) is 5.03. The second kappa shape index (κ2) is 4.71. The molecule has 0 aromatic heterocycles. The van der Waals surface area contributed by atoms with Crippen molar-refractivity contribution in [3.05, 3.63) is 0 Å². The van der Waals surface area contributed by atoms with Crippen LogP contribution < -0.4 is 5.32 Å². The highest BCUT2D eigenvalue weighted by Gasteiger charge is 2.34. The Morgan fingerprint density at radius 1 is 1.47 bits per heavy atom. The van der Waals surface area contributed by atoms with E-state index in [1.54, 1.807) is 0 Å². The number of carbonyl (C=O) groups is 2. The first-order valence-electron chi connectivity index (χ1n) is 4.69. The van der Waals surface area contributed by atoms with Crippen LogP contribution in [0.25, 0.3) is 0 Å². The molecular weight excluding hydrogens is 222 g/mol. The van der Waals surface area contributed by atoms with E-state index in [0.717, 1.165) is 6.42 Å².